The predicted octanol–water partition coefficient (Wildman–Crippen LogP) is 2.08. The van der Waals surface area contributed by atoms with Gasteiger partial charge in [0.1, 0.15) is 5.15 Å². The Morgan fingerprint density at radius 2 is 2.00 bits per heavy atom. The van der Waals surface area contributed by atoms with E-state index >= 15 is 0 Å². The smallest absolute Gasteiger partial charge is 0.244 e. The number of nitrogens with zero attached hydrogens (tertiary/aromatic N) is 1. The highest BCUT2D eigenvalue weighted by molar-refractivity contribution is 8.13. The van der Waals surface area contributed by atoms with Gasteiger partial charge in [-0.15, -0.1) is 12.4 Å². The second-order valence-electron chi connectivity index (χ2n) is 1.75. The molecule has 0 saturated carbocycles. The van der Waals surface area contributed by atoms with E-state index in [4.69, 9.17) is 22.3 Å². The van der Waals surface area contributed by atoms with E-state index < -0.39 is 9.05 Å². The fourth-order valence-electron chi connectivity index (χ4n) is 0.536. The molecule has 0 atom stereocenters. The van der Waals surface area contributed by atoms with Crippen molar-refractivity contribution >= 4 is 43.7 Å². The average Bonchev–Trinajstić information content (AvgIpc) is 1.86. The summed E-state index contributed by atoms with van der Waals surface area (Å²) < 4.78 is 21.3. The molecule has 0 radical (unpaired) electrons. The van der Waals surface area contributed by atoms with Gasteiger partial charge in [0.05, 0.1) is 4.90 Å². The summed E-state index contributed by atoms with van der Waals surface area (Å²) >= 11 is 5.42. The zero-order chi connectivity index (χ0) is 8.48. The first-order valence-corrected chi connectivity index (χ1v) is 5.25. The lowest BCUT2D eigenvalue weighted by atomic mass is 10.5. The number of pyridine rings is 1. The summed E-state index contributed by atoms with van der Waals surface area (Å²) in [5, 5.41) is 0.103. The molecule has 0 aromatic carbocycles. The normalized spacial score (nSPS) is 10.5. The van der Waals surface area contributed by atoms with Crippen molar-refractivity contribution in [1.82, 2.24) is 4.98 Å². The van der Waals surface area contributed by atoms with Crippen LogP contribution < -0.4 is 0 Å². The molecular weight excluding hydrogens is 244 g/mol. The topological polar surface area (TPSA) is 47.0 Å². The first kappa shape index (κ1) is 12.0. The van der Waals surface area contributed by atoms with Crippen molar-refractivity contribution in [2.75, 3.05) is 0 Å². The van der Waals surface area contributed by atoms with Crippen molar-refractivity contribution in [1.29, 1.82) is 0 Å². The molecule has 0 N–H and O–H groups in total. The second kappa shape index (κ2) is 4.28. The average molecular weight is 249 g/mol. The van der Waals surface area contributed by atoms with Gasteiger partial charge in [-0.25, -0.2) is 13.4 Å². The minimum atomic E-state index is -3.68. The zero-order valence-corrected chi connectivity index (χ0v) is 8.71. The van der Waals surface area contributed by atoms with Gasteiger partial charge in [0.15, 0.2) is 0 Å². The van der Waals surface area contributed by atoms with Crippen LogP contribution in [0.25, 0.3) is 0 Å². The molecule has 0 fully saturated rings. The maximum atomic E-state index is 10.7. The molecule has 0 aliphatic carbocycles. The fraction of sp³-hybridized carbons (Fsp3) is 0. The summed E-state index contributed by atoms with van der Waals surface area (Å²) in [6, 6.07) is 2.46. The maximum absolute atomic E-state index is 10.7. The Labute approximate surface area is 85.5 Å². The quantitative estimate of drug-likeness (QED) is 0.565. The molecule has 0 saturated heterocycles. The third-order valence-corrected chi connectivity index (χ3v) is 2.54. The molecule has 1 heterocycles. The van der Waals surface area contributed by atoms with Gasteiger partial charge in [-0.05, 0) is 12.1 Å². The number of rotatable bonds is 1. The Hall–Kier alpha value is -0.0300. The second-order valence-corrected chi connectivity index (χ2v) is 4.71. The molecule has 0 unspecified atom stereocenters. The largest absolute Gasteiger partial charge is 0.261 e. The summed E-state index contributed by atoms with van der Waals surface area (Å²) in [7, 11) is 1.34. The monoisotopic (exact) mass is 247 g/mol. The van der Waals surface area contributed by atoms with Gasteiger partial charge < -0.3 is 0 Å². The Morgan fingerprint density at radius 1 is 1.42 bits per heavy atom. The molecule has 1 aromatic heterocycles. The third kappa shape index (κ3) is 3.15. The van der Waals surface area contributed by atoms with Gasteiger partial charge in [0.25, 0.3) is 9.05 Å². The van der Waals surface area contributed by atoms with Crippen molar-refractivity contribution in [2.45, 2.75) is 4.90 Å². The molecule has 0 aliphatic rings. The van der Waals surface area contributed by atoms with E-state index in [9.17, 15) is 8.42 Å². The van der Waals surface area contributed by atoms with Gasteiger partial charge in [0, 0.05) is 16.9 Å². The van der Waals surface area contributed by atoms with Crippen LogP contribution in [0.15, 0.2) is 23.2 Å². The van der Waals surface area contributed by atoms with Crippen LogP contribution in [-0.2, 0) is 9.05 Å². The maximum Gasteiger partial charge on any atom is 0.261 e. The molecule has 12 heavy (non-hydrogen) atoms. The Balaban J connectivity index is 0.00000121. The zero-order valence-electron chi connectivity index (χ0n) is 5.57. The molecule has 0 amide bonds. The Morgan fingerprint density at radius 3 is 2.33 bits per heavy atom. The highest BCUT2D eigenvalue weighted by Crippen LogP contribution is 2.16. The van der Waals surface area contributed by atoms with Crippen LogP contribution in [0.4, 0.5) is 0 Å². The number of hydrogen-bond donors (Lipinski definition) is 0. The highest BCUT2D eigenvalue weighted by atomic mass is 35.7. The SMILES string of the molecule is Cl.O=S(=O)(Cl)c1ccnc(Cl)c1. The molecular formula is C5H4Cl3NO2S. The summed E-state index contributed by atoms with van der Waals surface area (Å²) in [6.07, 6.45) is 1.28. The van der Waals surface area contributed by atoms with Crippen LogP contribution in [0.3, 0.4) is 0 Å². The Kier molecular flexibility index (Phi) is 4.26. The Bertz CT molecular complexity index is 365. The number of aromatic nitrogens is 1. The van der Waals surface area contributed by atoms with Crippen LogP contribution in [0.2, 0.25) is 5.15 Å². The lowest BCUT2D eigenvalue weighted by molar-refractivity contribution is 0.609. The van der Waals surface area contributed by atoms with Crippen LogP contribution >= 0.6 is 34.7 Å². The summed E-state index contributed by atoms with van der Waals surface area (Å²) in [6.45, 7) is 0. The van der Waals surface area contributed by atoms with Crippen molar-refractivity contribution in [2.24, 2.45) is 0 Å². The molecule has 0 aliphatic heterocycles. The summed E-state index contributed by atoms with van der Waals surface area (Å²) in [4.78, 5) is 3.55. The molecule has 1 rings (SSSR count). The van der Waals surface area contributed by atoms with E-state index in [1.54, 1.807) is 0 Å². The van der Waals surface area contributed by atoms with E-state index in [2.05, 4.69) is 4.98 Å². The molecule has 0 bridgehead atoms. The first-order valence-electron chi connectivity index (χ1n) is 2.56. The van der Waals surface area contributed by atoms with Crippen LogP contribution in [0.5, 0.6) is 0 Å². The molecule has 3 nitrogen and oxygen atoms in total. The van der Waals surface area contributed by atoms with E-state index in [1.807, 2.05) is 0 Å². The fourth-order valence-corrected chi connectivity index (χ4v) is 1.54. The minimum Gasteiger partial charge on any atom is -0.244 e. The molecule has 68 valence electrons. The van der Waals surface area contributed by atoms with Crippen LogP contribution in [-0.4, -0.2) is 13.4 Å². The van der Waals surface area contributed by atoms with Gasteiger partial charge in [-0.2, -0.15) is 0 Å². The van der Waals surface area contributed by atoms with Gasteiger partial charge in [-0.3, -0.25) is 0 Å². The van der Waals surface area contributed by atoms with E-state index in [-0.39, 0.29) is 22.5 Å². The standard InChI is InChI=1S/C5H3Cl2NO2S.ClH/c6-5-3-4(1-2-8-5)11(7,9)10;/h1-3H;1H. The molecule has 1 aromatic rings. The van der Waals surface area contributed by atoms with Crippen molar-refractivity contribution in [3.63, 3.8) is 0 Å². The minimum absolute atomic E-state index is 0. The molecule has 7 heteroatoms. The van der Waals surface area contributed by atoms with Gasteiger partial charge in [-0.1, -0.05) is 11.6 Å². The molecule has 0 spiro atoms. The van der Waals surface area contributed by atoms with Crippen LogP contribution in [0, 0.1) is 0 Å². The van der Waals surface area contributed by atoms with E-state index in [0.717, 1.165) is 0 Å². The third-order valence-electron chi connectivity index (χ3n) is 0.980. The predicted molar refractivity (Wildman–Crippen MR) is 49.5 cm³/mol. The van der Waals surface area contributed by atoms with E-state index in [0.29, 0.717) is 0 Å². The highest BCUT2D eigenvalue weighted by Gasteiger charge is 2.09. The number of hydrogen-bond acceptors (Lipinski definition) is 3. The number of halogens is 3. The lowest BCUT2D eigenvalue weighted by Crippen LogP contribution is -1.90. The van der Waals surface area contributed by atoms with Crippen molar-refractivity contribution in [3.05, 3.63) is 23.5 Å². The van der Waals surface area contributed by atoms with Crippen molar-refractivity contribution < 1.29 is 8.42 Å². The first-order chi connectivity index (χ1) is 5.00. The van der Waals surface area contributed by atoms with Crippen molar-refractivity contribution in [3.8, 4) is 0 Å². The van der Waals surface area contributed by atoms with Gasteiger partial charge in [0.2, 0.25) is 0 Å². The summed E-state index contributed by atoms with van der Waals surface area (Å²) in [5.41, 5.74) is 0. The lowest BCUT2D eigenvalue weighted by Gasteiger charge is -1.93. The van der Waals surface area contributed by atoms with Crippen LogP contribution in [0.1, 0.15) is 0 Å². The van der Waals surface area contributed by atoms with E-state index in [1.165, 1.54) is 18.3 Å². The summed E-state index contributed by atoms with van der Waals surface area (Å²) in [5.74, 6) is 0. The van der Waals surface area contributed by atoms with Gasteiger partial charge >= 0.3 is 0 Å².